The number of rotatable bonds is 3. The molecule has 2 aromatic carbocycles. The second-order valence-electron chi connectivity index (χ2n) is 7.73. The van der Waals surface area contributed by atoms with E-state index in [1.54, 1.807) is 0 Å². The average molecular weight is 434 g/mol. The van der Waals surface area contributed by atoms with Gasteiger partial charge in [-0.1, -0.05) is 6.07 Å². The molecule has 1 fully saturated rings. The summed E-state index contributed by atoms with van der Waals surface area (Å²) in [7, 11) is 0. The average Bonchev–Trinajstić information content (AvgIpc) is 2.75. The van der Waals surface area contributed by atoms with E-state index in [9.17, 15) is 45.6 Å². The van der Waals surface area contributed by atoms with Gasteiger partial charge in [0, 0.05) is 11.5 Å². The van der Waals surface area contributed by atoms with E-state index in [1.165, 1.54) is 12.1 Å². The summed E-state index contributed by atoms with van der Waals surface area (Å²) in [5.74, 6) is -3.39. The van der Waals surface area contributed by atoms with Gasteiger partial charge in [-0.3, -0.25) is 4.79 Å². The number of ether oxygens (including phenoxy) is 1. The van der Waals surface area contributed by atoms with Crippen LogP contribution in [0.3, 0.4) is 0 Å². The zero-order chi connectivity index (χ0) is 22.6. The van der Waals surface area contributed by atoms with Gasteiger partial charge in [0.25, 0.3) is 0 Å². The number of phenols is 3. The minimum Gasteiger partial charge on any atom is -0.508 e. The molecule has 0 saturated carbocycles. The van der Waals surface area contributed by atoms with Crippen molar-refractivity contribution in [3.05, 3.63) is 52.1 Å². The van der Waals surface area contributed by atoms with Crippen LogP contribution in [0.15, 0.2) is 24.3 Å². The molecule has 1 aliphatic heterocycles. The van der Waals surface area contributed by atoms with Crippen molar-refractivity contribution in [1.82, 2.24) is 0 Å². The fourth-order valence-electron chi connectivity index (χ4n) is 4.47. The van der Waals surface area contributed by atoms with Gasteiger partial charge in [-0.2, -0.15) is 0 Å². The smallest absolute Gasteiger partial charge is 0.201 e. The van der Waals surface area contributed by atoms with Crippen LogP contribution < -0.4 is 0 Å². The Hall–Kier alpha value is -2.73. The molecule has 4 rings (SSSR count). The van der Waals surface area contributed by atoms with Crippen molar-refractivity contribution in [2.24, 2.45) is 0 Å². The van der Waals surface area contributed by atoms with Crippen molar-refractivity contribution in [2.45, 2.75) is 43.0 Å². The van der Waals surface area contributed by atoms with Crippen molar-refractivity contribution in [3.8, 4) is 17.2 Å². The molecule has 8 N–H and O–H groups in total. The molecule has 10 heteroatoms. The third-order valence-electron chi connectivity index (χ3n) is 5.95. The van der Waals surface area contributed by atoms with Crippen LogP contribution in [-0.2, 0) is 11.3 Å². The highest BCUT2D eigenvalue weighted by atomic mass is 16.5. The Kier molecular flexibility index (Phi) is 5.38. The Morgan fingerprint density at radius 2 is 1.52 bits per heavy atom. The highest BCUT2D eigenvalue weighted by molar-refractivity contribution is 6.16. The van der Waals surface area contributed by atoms with Crippen LogP contribution in [0.1, 0.15) is 38.5 Å². The maximum absolute atomic E-state index is 13.1. The fourth-order valence-corrected chi connectivity index (χ4v) is 4.47. The van der Waals surface area contributed by atoms with Gasteiger partial charge in [0.15, 0.2) is 0 Å². The van der Waals surface area contributed by atoms with Crippen LogP contribution in [0.2, 0.25) is 0 Å². The summed E-state index contributed by atoms with van der Waals surface area (Å²) in [6, 6.07) is 4.79. The van der Waals surface area contributed by atoms with E-state index >= 15 is 0 Å². The first-order chi connectivity index (χ1) is 14.7. The Morgan fingerprint density at radius 1 is 0.839 bits per heavy atom. The Morgan fingerprint density at radius 3 is 2.16 bits per heavy atom. The number of benzene rings is 2. The van der Waals surface area contributed by atoms with Crippen molar-refractivity contribution >= 4 is 5.78 Å². The van der Waals surface area contributed by atoms with Gasteiger partial charge in [0.1, 0.15) is 41.7 Å². The van der Waals surface area contributed by atoms with Crippen LogP contribution in [0.25, 0.3) is 0 Å². The van der Waals surface area contributed by atoms with E-state index in [0.717, 1.165) is 12.1 Å². The molecular formula is C21H22O10. The summed E-state index contributed by atoms with van der Waals surface area (Å²) in [4.78, 5) is 13.1. The predicted octanol–water partition coefficient (Wildman–Crippen LogP) is -1.19. The molecule has 6 atom stereocenters. The molecule has 1 aliphatic carbocycles. The number of carbonyl (C=O) groups excluding carboxylic acids is 1. The quantitative estimate of drug-likeness (QED) is 0.273. The van der Waals surface area contributed by atoms with Gasteiger partial charge in [-0.05, 0) is 29.3 Å². The number of aliphatic hydroxyl groups excluding tert-OH is 5. The van der Waals surface area contributed by atoms with Crippen LogP contribution in [0, 0.1) is 0 Å². The van der Waals surface area contributed by atoms with Gasteiger partial charge >= 0.3 is 0 Å². The highest BCUT2D eigenvalue weighted by Gasteiger charge is 2.51. The molecule has 0 aromatic heterocycles. The minimum atomic E-state index is -1.73. The molecule has 1 saturated heterocycles. The number of aromatic hydroxyl groups is 3. The second-order valence-corrected chi connectivity index (χ2v) is 7.73. The normalized spacial score (nSPS) is 30.0. The first kappa shape index (κ1) is 21.5. The third kappa shape index (κ3) is 3.16. The van der Waals surface area contributed by atoms with E-state index in [1.807, 2.05) is 0 Å². The summed E-state index contributed by atoms with van der Waals surface area (Å²) in [5.41, 5.74) is -0.362. The standard InChI is InChI=1S/C21H22O10/c22-5-7-3-8-13(11(26)4-7)18(28)16-10(25)2-1-9(24)15(16)14(8)21-20(30)19(29)17(27)12(6-23)31-21/h1-4,12,14,17,19-27,29-30H,5-6H2/t12-,14-,17-,19+,20-,21-/m1/s1. The SMILES string of the molecule is O=C1c2c(O)cc(CO)cc2[C@@H]([C@H]2O[C@H](CO)[C@@H](O)[C@H](O)[C@H]2O)c2c(O)ccc(O)c21. The molecule has 2 aliphatic rings. The molecule has 0 amide bonds. The Labute approximate surface area is 175 Å². The van der Waals surface area contributed by atoms with Gasteiger partial charge in [0.2, 0.25) is 5.78 Å². The van der Waals surface area contributed by atoms with Crippen molar-refractivity contribution in [1.29, 1.82) is 0 Å². The summed E-state index contributed by atoms with van der Waals surface area (Å²) < 4.78 is 5.67. The number of aliphatic hydroxyl groups is 5. The molecule has 2 aromatic rings. The van der Waals surface area contributed by atoms with E-state index in [2.05, 4.69) is 0 Å². The van der Waals surface area contributed by atoms with Crippen LogP contribution in [0.4, 0.5) is 0 Å². The maximum Gasteiger partial charge on any atom is 0.201 e. The number of carbonyl (C=O) groups is 1. The third-order valence-corrected chi connectivity index (χ3v) is 5.95. The first-order valence-electron chi connectivity index (χ1n) is 9.57. The lowest BCUT2D eigenvalue weighted by atomic mass is 9.71. The lowest BCUT2D eigenvalue weighted by Crippen LogP contribution is -2.60. The first-order valence-corrected chi connectivity index (χ1v) is 9.57. The van der Waals surface area contributed by atoms with E-state index in [4.69, 9.17) is 4.74 Å². The highest BCUT2D eigenvalue weighted by Crippen LogP contribution is 2.50. The lowest BCUT2D eigenvalue weighted by Gasteiger charge is -2.45. The van der Waals surface area contributed by atoms with Crippen molar-refractivity contribution in [3.63, 3.8) is 0 Å². The molecule has 31 heavy (non-hydrogen) atoms. The van der Waals surface area contributed by atoms with Crippen LogP contribution in [0.5, 0.6) is 17.2 Å². The predicted molar refractivity (Wildman–Crippen MR) is 103 cm³/mol. The van der Waals surface area contributed by atoms with E-state index < -0.39 is 72.7 Å². The molecule has 0 radical (unpaired) electrons. The van der Waals surface area contributed by atoms with E-state index in [0.29, 0.717) is 0 Å². The van der Waals surface area contributed by atoms with Gasteiger partial charge in [0.05, 0.1) is 30.4 Å². The Bertz CT molecular complexity index is 1030. The zero-order valence-electron chi connectivity index (χ0n) is 16.1. The number of phenolic OH excluding ortho intramolecular Hbond substituents is 3. The van der Waals surface area contributed by atoms with Gasteiger partial charge < -0.3 is 45.6 Å². The van der Waals surface area contributed by atoms with Crippen LogP contribution >= 0.6 is 0 Å². The molecule has 0 bridgehead atoms. The molecule has 1 heterocycles. The summed E-state index contributed by atoms with van der Waals surface area (Å²) in [6.07, 6.45) is -7.74. The second kappa shape index (κ2) is 7.75. The van der Waals surface area contributed by atoms with Crippen molar-refractivity contribution in [2.75, 3.05) is 6.61 Å². The lowest BCUT2D eigenvalue weighted by molar-refractivity contribution is -0.232. The topological polar surface area (TPSA) is 188 Å². The maximum atomic E-state index is 13.1. The zero-order valence-corrected chi connectivity index (χ0v) is 16.1. The molecule has 0 spiro atoms. The molecule has 0 unspecified atom stereocenters. The largest absolute Gasteiger partial charge is 0.508 e. The minimum absolute atomic E-state index is 0.0757. The molecule has 166 valence electrons. The fraction of sp³-hybridized carbons (Fsp3) is 0.381. The summed E-state index contributed by atoms with van der Waals surface area (Å²) in [6.45, 7) is -1.18. The number of hydrogen-bond donors (Lipinski definition) is 8. The molecular weight excluding hydrogens is 412 g/mol. The van der Waals surface area contributed by atoms with E-state index in [-0.39, 0.29) is 27.8 Å². The van der Waals surface area contributed by atoms with Gasteiger partial charge in [-0.15, -0.1) is 0 Å². The molecule has 10 nitrogen and oxygen atoms in total. The number of fused-ring (bicyclic) bond motifs is 2. The summed E-state index contributed by atoms with van der Waals surface area (Å²) in [5, 5.41) is 81.6. The van der Waals surface area contributed by atoms with Gasteiger partial charge in [-0.25, -0.2) is 0 Å². The van der Waals surface area contributed by atoms with Crippen molar-refractivity contribution < 1.29 is 50.4 Å². The number of ketones is 1. The Balaban J connectivity index is 2.00. The summed E-state index contributed by atoms with van der Waals surface area (Å²) >= 11 is 0. The van der Waals surface area contributed by atoms with Crippen LogP contribution in [-0.4, -0.2) is 83.8 Å². The number of hydrogen-bond acceptors (Lipinski definition) is 10. The monoisotopic (exact) mass is 434 g/mol.